The van der Waals surface area contributed by atoms with E-state index in [-0.39, 0.29) is 17.9 Å². The molecule has 3 N–H and O–H groups in total. The van der Waals surface area contributed by atoms with Gasteiger partial charge < -0.3 is 15.7 Å². The lowest BCUT2D eigenvalue weighted by Crippen LogP contribution is -2.47. The molecule has 6 heteroatoms. The molecule has 1 saturated carbocycles. The standard InChI is InChI=1S/C12H22N2O3S/c1-9(18-2)7-13-11(17)14-8-12(4-3-5-12)6-10(15)16/h9H,3-8H2,1-2H3,(H,15,16)(H2,13,14,17). The van der Waals surface area contributed by atoms with Crippen molar-refractivity contribution >= 4 is 23.8 Å². The van der Waals surface area contributed by atoms with Crippen LogP contribution in [0, 0.1) is 5.41 Å². The first-order valence-corrected chi connectivity index (χ1v) is 7.52. The average Bonchev–Trinajstić information content (AvgIpc) is 2.28. The molecule has 0 aliphatic heterocycles. The molecule has 1 unspecified atom stereocenters. The highest BCUT2D eigenvalue weighted by atomic mass is 32.2. The molecule has 0 aromatic rings. The first kappa shape index (κ1) is 15.1. The topological polar surface area (TPSA) is 78.4 Å². The Morgan fingerprint density at radius 3 is 2.50 bits per heavy atom. The van der Waals surface area contributed by atoms with E-state index >= 15 is 0 Å². The van der Waals surface area contributed by atoms with E-state index in [4.69, 9.17) is 5.11 Å². The number of thioether (sulfide) groups is 1. The summed E-state index contributed by atoms with van der Waals surface area (Å²) in [6.45, 7) is 3.13. The largest absolute Gasteiger partial charge is 0.481 e. The zero-order valence-electron chi connectivity index (χ0n) is 11.0. The molecule has 0 aromatic heterocycles. The van der Waals surface area contributed by atoms with Crippen LogP contribution >= 0.6 is 11.8 Å². The van der Waals surface area contributed by atoms with Crippen LogP contribution in [-0.4, -0.2) is 41.7 Å². The Bertz CT molecular complexity index is 306. The van der Waals surface area contributed by atoms with Gasteiger partial charge in [0, 0.05) is 18.3 Å². The molecule has 1 fully saturated rings. The molecule has 5 nitrogen and oxygen atoms in total. The molecule has 0 bridgehead atoms. The third-order valence-electron chi connectivity index (χ3n) is 3.52. The molecule has 0 heterocycles. The maximum atomic E-state index is 11.6. The van der Waals surface area contributed by atoms with Crippen molar-refractivity contribution in [3.05, 3.63) is 0 Å². The van der Waals surface area contributed by atoms with Gasteiger partial charge in [0.05, 0.1) is 6.42 Å². The van der Waals surface area contributed by atoms with Gasteiger partial charge in [0.25, 0.3) is 0 Å². The van der Waals surface area contributed by atoms with E-state index in [0.29, 0.717) is 18.3 Å². The van der Waals surface area contributed by atoms with Gasteiger partial charge in [-0.15, -0.1) is 0 Å². The van der Waals surface area contributed by atoms with E-state index < -0.39 is 5.97 Å². The van der Waals surface area contributed by atoms with E-state index in [1.54, 1.807) is 11.8 Å². The number of aliphatic carboxylic acids is 1. The summed E-state index contributed by atoms with van der Waals surface area (Å²) in [5.41, 5.74) is -0.214. The average molecular weight is 274 g/mol. The molecule has 2 amide bonds. The summed E-state index contributed by atoms with van der Waals surface area (Å²) in [5.74, 6) is -0.784. The lowest BCUT2D eigenvalue weighted by molar-refractivity contribution is -0.141. The highest BCUT2D eigenvalue weighted by Crippen LogP contribution is 2.43. The Balaban J connectivity index is 2.26. The van der Waals surface area contributed by atoms with E-state index in [2.05, 4.69) is 10.6 Å². The number of carbonyl (C=O) groups excluding carboxylic acids is 1. The smallest absolute Gasteiger partial charge is 0.314 e. The molecule has 104 valence electrons. The zero-order chi connectivity index (χ0) is 13.6. The van der Waals surface area contributed by atoms with Crippen molar-refractivity contribution in [2.24, 2.45) is 5.41 Å². The first-order chi connectivity index (χ1) is 8.47. The molecular weight excluding hydrogens is 252 g/mol. The number of carboxylic acid groups (broad SMARTS) is 1. The van der Waals surface area contributed by atoms with Crippen LogP contribution in [0.15, 0.2) is 0 Å². The van der Waals surface area contributed by atoms with Crippen LogP contribution in [0.1, 0.15) is 32.6 Å². The van der Waals surface area contributed by atoms with E-state index in [0.717, 1.165) is 19.3 Å². The number of amides is 2. The van der Waals surface area contributed by atoms with Crippen molar-refractivity contribution in [1.29, 1.82) is 0 Å². The second-order valence-electron chi connectivity index (χ2n) is 5.03. The molecule has 1 rings (SSSR count). The summed E-state index contributed by atoms with van der Waals surface area (Å²) in [5, 5.41) is 14.8. The molecule has 1 atom stereocenters. The van der Waals surface area contributed by atoms with Crippen molar-refractivity contribution in [3.63, 3.8) is 0 Å². The molecule has 0 radical (unpaired) electrons. The summed E-state index contributed by atoms with van der Waals surface area (Å²) in [6.07, 6.45) is 4.98. The Morgan fingerprint density at radius 1 is 1.39 bits per heavy atom. The first-order valence-electron chi connectivity index (χ1n) is 6.24. The Hall–Kier alpha value is -0.910. The van der Waals surface area contributed by atoms with Crippen LogP contribution < -0.4 is 10.6 Å². The Morgan fingerprint density at radius 2 is 2.06 bits per heavy atom. The van der Waals surface area contributed by atoms with Gasteiger partial charge in [0.2, 0.25) is 0 Å². The number of carbonyl (C=O) groups is 2. The number of hydrogen-bond donors (Lipinski definition) is 3. The number of carboxylic acids is 1. The predicted octanol–water partition coefficient (Wildman–Crippen LogP) is 1.68. The molecule has 0 spiro atoms. The van der Waals surface area contributed by atoms with Crippen molar-refractivity contribution in [2.45, 2.75) is 37.9 Å². The SMILES string of the molecule is CSC(C)CNC(=O)NCC1(CC(=O)O)CCC1. The summed E-state index contributed by atoms with van der Waals surface area (Å²) in [4.78, 5) is 22.3. The predicted molar refractivity (Wildman–Crippen MR) is 72.9 cm³/mol. The van der Waals surface area contributed by atoms with E-state index in [1.807, 2.05) is 13.2 Å². The monoisotopic (exact) mass is 274 g/mol. The summed E-state index contributed by atoms with van der Waals surface area (Å²) >= 11 is 1.69. The van der Waals surface area contributed by atoms with Gasteiger partial charge in [-0.25, -0.2) is 4.79 Å². The summed E-state index contributed by atoms with van der Waals surface area (Å²) in [7, 11) is 0. The number of hydrogen-bond acceptors (Lipinski definition) is 3. The van der Waals surface area contributed by atoms with Crippen LogP contribution in [0.25, 0.3) is 0 Å². The highest BCUT2D eigenvalue weighted by molar-refractivity contribution is 7.99. The maximum Gasteiger partial charge on any atom is 0.314 e. The van der Waals surface area contributed by atoms with Crippen molar-refractivity contribution < 1.29 is 14.7 Å². The minimum Gasteiger partial charge on any atom is -0.481 e. The van der Waals surface area contributed by atoms with Gasteiger partial charge in [-0.2, -0.15) is 11.8 Å². The van der Waals surface area contributed by atoms with Gasteiger partial charge in [0.1, 0.15) is 0 Å². The van der Waals surface area contributed by atoms with Gasteiger partial charge in [-0.3, -0.25) is 4.79 Å². The molecule has 0 aromatic carbocycles. The van der Waals surface area contributed by atoms with Crippen LogP contribution in [0.3, 0.4) is 0 Å². The lowest BCUT2D eigenvalue weighted by Gasteiger charge is -2.40. The molecule has 1 aliphatic rings. The Kier molecular flexibility index (Phi) is 5.78. The minimum atomic E-state index is -0.784. The zero-order valence-corrected chi connectivity index (χ0v) is 11.8. The van der Waals surface area contributed by atoms with Crippen molar-refractivity contribution in [2.75, 3.05) is 19.3 Å². The summed E-state index contributed by atoms with van der Waals surface area (Å²) in [6, 6.07) is -0.201. The second-order valence-corrected chi connectivity index (χ2v) is 6.31. The highest BCUT2D eigenvalue weighted by Gasteiger charge is 2.39. The fourth-order valence-corrected chi connectivity index (χ4v) is 2.31. The van der Waals surface area contributed by atoms with Gasteiger partial charge >= 0.3 is 12.0 Å². The third-order valence-corrected chi connectivity index (χ3v) is 4.49. The fraction of sp³-hybridized carbons (Fsp3) is 0.833. The third kappa shape index (κ3) is 4.76. The summed E-state index contributed by atoms with van der Waals surface area (Å²) < 4.78 is 0. The Labute approximate surface area is 112 Å². The van der Waals surface area contributed by atoms with Gasteiger partial charge in [-0.05, 0) is 24.5 Å². The molecule has 0 saturated heterocycles. The van der Waals surface area contributed by atoms with Gasteiger partial charge in [0.15, 0.2) is 0 Å². The van der Waals surface area contributed by atoms with Crippen LogP contribution in [0.5, 0.6) is 0 Å². The number of urea groups is 1. The van der Waals surface area contributed by atoms with Crippen LogP contribution in [-0.2, 0) is 4.79 Å². The van der Waals surface area contributed by atoms with Crippen molar-refractivity contribution in [3.8, 4) is 0 Å². The maximum absolute atomic E-state index is 11.6. The molecule has 18 heavy (non-hydrogen) atoms. The number of rotatable bonds is 7. The van der Waals surface area contributed by atoms with Crippen LogP contribution in [0.2, 0.25) is 0 Å². The minimum absolute atomic E-state index is 0.147. The van der Waals surface area contributed by atoms with Gasteiger partial charge in [-0.1, -0.05) is 13.3 Å². The van der Waals surface area contributed by atoms with Crippen molar-refractivity contribution in [1.82, 2.24) is 10.6 Å². The quantitative estimate of drug-likeness (QED) is 0.660. The molecule has 1 aliphatic carbocycles. The fourth-order valence-electron chi connectivity index (χ4n) is 2.06. The normalized spacial score (nSPS) is 18.6. The van der Waals surface area contributed by atoms with Crippen LogP contribution in [0.4, 0.5) is 4.79 Å². The lowest BCUT2D eigenvalue weighted by atomic mass is 9.66. The van der Waals surface area contributed by atoms with E-state index in [1.165, 1.54) is 0 Å². The second kappa shape index (κ2) is 6.87. The van der Waals surface area contributed by atoms with E-state index in [9.17, 15) is 9.59 Å². The molecular formula is C12H22N2O3S. The number of nitrogens with one attached hydrogen (secondary N) is 2.